The molecular weight excluding hydrogens is 166 g/mol. The first-order valence-electron chi connectivity index (χ1n) is 5.18. The first kappa shape index (κ1) is 10.4. The van der Waals surface area contributed by atoms with E-state index in [1.54, 1.807) is 0 Å². The van der Waals surface area contributed by atoms with E-state index in [0.29, 0.717) is 17.7 Å². The zero-order valence-corrected chi connectivity index (χ0v) is 8.27. The van der Waals surface area contributed by atoms with E-state index in [4.69, 9.17) is 0 Å². The molecule has 0 aromatic heterocycles. The molecule has 0 spiro atoms. The minimum atomic E-state index is 0.0986. The average Bonchev–Trinajstić information content (AvgIpc) is 2.42. The van der Waals surface area contributed by atoms with E-state index in [1.807, 2.05) is 0 Å². The second-order valence-corrected chi connectivity index (χ2v) is 3.64. The van der Waals surface area contributed by atoms with Gasteiger partial charge in [0.2, 0.25) is 0 Å². The van der Waals surface area contributed by atoms with Gasteiger partial charge in [-0.2, -0.15) is 0 Å². The summed E-state index contributed by atoms with van der Waals surface area (Å²) < 4.78 is 0. The van der Waals surface area contributed by atoms with Gasteiger partial charge in [0.05, 0.1) is 19.4 Å². The summed E-state index contributed by atoms with van der Waals surface area (Å²) in [7, 11) is 0. The Labute approximate surface area is 79.1 Å². The van der Waals surface area contributed by atoms with Crippen molar-refractivity contribution >= 4 is 11.8 Å². The predicted molar refractivity (Wildman–Crippen MR) is 49.2 cm³/mol. The van der Waals surface area contributed by atoms with Crippen molar-refractivity contribution in [2.24, 2.45) is 0 Å². The standard InChI is InChI=1S/C10H17NO2/c1-2-3-4-5-8-11-9(12)6-7-10(11)13/h2-8H2,1H3/p+1. The van der Waals surface area contributed by atoms with Gasteiger partial charge in [0, 0.05) is 0 Å². The molecule has 1 N–H and O–H groups in total. The van der Waals surface area contributed by atoms with Crippen LogP contribution in [0.3, 0.4) is 0 Å². The molecule has 0 unspecified atom stereocenters. The van der Waals surface area contributed by atoms with Crippen LogP contribution in [0.1, 0.15) is 45.4 Å². The number of hydrogen-bond donors (Lipinski definition) is 1. The van der Waals surface area contributed by atoms with Gasteiger partial charge in [0.1, 0.15) is 0 Å². The SMILES string of the molecule is CCCCCC[NH+]1C(=O)CCC1=O. The Kier molecular flexibility index (Phi) is 4.09. The normalized spacial score (nSPS) is 18.5. The highest BCUT2D eigenvalue weighted by molar-refractivity contribution is 5.88. The van der Waals surface area contributed by atoms with Crippen LogP contribution in [0.25, 0.3) is 0 Å². The molecule has 3 nitrogen and oxygen atoms in total. The lowest BCUT2D eigenvalue weighted by Gasteiger charge is -2.06. The summed E-state index contributed by atoms with van der Waals surface area (Å²) in [5.41, 5.74) is 0. The van der Waals surface area contributed by atoms with Crippen LogP contribution in [-0.2, 0) is 9.59 Å². The highest BCUT2D eigenvalue weighted by Gasteiger charge is 2.34. The van der Waals surface area contributed by atoms with Crippen molar-refractivity contribution < 1.29 is 14.5 Å². The zero-order chi connectivity index (χ0) is 9.68. The lowest BCUT2D eigenvalue weighted by molar-refractivity contribution is -0.732. The maximum absolute atomic E-state index is 11.2. The van der Waals surface area contributed by atoms with Gasteiger partial charge < -0.3 is 0 Å². The lowest BCUT2D eigenvalue weighted by atomic mass is 10.2. The first-order valence-corrected chi connectivity index (χ1v) is 5.18. The maximum atomic E-state index is 11.2. The van der Waals surface area contributed by atoms with Crippen molar-refractivity contribution in [3.63, 3.8) is 0 Å². The molecule has 1 rings (SSSR count). The number of hydrogen-bond acceptors (Lipinski definition) is 2. The summed E-state index contributed by atoms with van der Waals surface area (Å²) >= 11 is 0. The lowest BCUT2D eigenvalue weighted by Crippen LogP contribution is -3.14. The summed E-state index contributed by atoms with van der Waals surface area (Å²) in [5.74, 6) is 0.197. The zero-order valence-electron chi connectivity index (χ0n) is 8.27. The second-order valence-electron chi connectivity index (χ2n) is 3.64. The van der Waals surface area contributed by atoms with Crippen molar-refractivity contribution in [3.05, 3.63) is 0 Å². The van der Waals surface area contributed by atoms with Crippen molar-refractivity contribution in [2.75, 3.05) is 6.54 Å². The Balaban J connectivity index is 2.20. The molecule has 2 amide bonds. The Morgan fingerprint density at radius 3 is 2.23 bits per heavy atom. The van der Waals surface area contributed by atoms with Crippen molar-refractivity contribution in [1.29, 1.82) is 0 Å². The molecule has 0 bridgehead atoms. The molecule has 3 heteroatoms. The van der Waals surface area contributed by atoms with Crippen LogP contribution in [0.5, 0.6) is 0 Å². The highest BCUT2D eigenvalue weighted by atomic mass is 16.2. The van der Waals surface area contributed by atoms with Crippen LogP contribution in [0.2, 0.25) is 0 Å². The summed E-state index contributed by atoms with van der Waals surface area (Å²) in [6.07, 6.45) is 5.46. The van der Waals surface area contributed by atoms with Crippen molar-refractivity contribution in [2.45, 2.75) is 45.4 Å². The smallest absolute Gasteiger partial charge is 0.230 e. The molecule has 1 fully saturated rings. The number of unbranched alkanes of at least 4 members (excludes halogenated alkanes) is 3. The topological polar surface area (TPSA) is 38.6 Å². The molecule has 0 saturated carbocycles. The summed E-state index contributed by atoms with van der Waals surface area (Å²) in [4.78, 5) is 23.0. The largest absolute Gasteiger partial charge is 0.320 e. The number of carbonyl (C=O) groups is 2. The number of imide groups is 1. The third-order valence-corrected chi connectivity index (χ3v) is 2.53. The van der Waals surface area contributed by atoms with Gasteiger partial charge in [-0.3, -0.25) is 0 Å². The van der Waals surface area contributed by atoms with Crippen molar-refractivity contribution in [3.8, 4) is 0 Å². The summed E-state index contributed by atoms with van der Waals surface area (Å²) in [6.45, 7) is 2.87. The van der Waals surface area contributed by atoms with Gasteiger partial charge >= 0.3 is 11.8 Å². The molecule has 74 valence electrons. The molecule has 0 atom stereocenters. The molecule has 0 radical (unpaired) electrons. The van der Waals surface area contributed by atoms with Gasteiger partial charge in [-0.1, -0.05) is 19.8 Å². The number of amides is 2. The molecule has 0 aromatic carbocycles. The quantitative estimate of drug-likeness (QED) is 0.493. The monoisotopic (exact) mass is 184 g/mol. The fourth-order valence-electron chi connectivity index (χ4n) is 1.69. The predicted octanol–water partition coefficient (Wildman–Crippen LogP) is 0.299. The average molecular weight is 184 g/mol. The second kappa shape index (κ2) is 5.12. The first-order chi connectivity index (χ1) is 6.25. The highest BCUT2D eigenvalue weighted by Crippen LogP contribution is 1.98. The Morgan fingerprint density at radius 1 is 1.08 bits per heavy atom. The van der Waals surface area contributed by atoms with Crippen LogP contribution in [0.4, 0.5) is 0 Å². The van der Waals surface area contributed by atoms with Crippen molar-refractivity contribution in [1.82, 2.24) is 0 Å². The third kappa shape index (κ3) is 2.92. The Morgan fingerprint density at radius 2 is 1.69 bits per heavy atom. The minimum absolute atomic E-state index is 0.0986. The van der Waals surface area contributed by atoms with Gasteiger partial charge in [-0.25, -0.2) is 14.5 Å². The van der Waals surface area contributed by atoms with Crippen LogP contribution in [-0.4, -0.2) is 18.4 Å². The van der Waals surface area contributed by atoms with Crippen LogP contribution >= 0.6 is 0 Å². The molecule has 1 aliphatic heterocycles. The summed E-state index contributed by atoms with van der Waals surface area (Å²) in [5, 5.41) is 0. The van der Waals surface area contributed by atoms with Gasteiger partial charge in [0.15, 0.2) is 0 Å². The number of carbonyl (C=O) groups excluding carboxylic acids is 2. The molecule has 13 heavy (non-hydrogen) atoms. The fourth-order valence-corrected chi connectivity index (χ4v) is 1.69. The molecule has 1 saturated heterocycles. The molecule has 1 aliphatic rings. The molecule has 0 aliphatic carbocycles. The van der Waals surface area contributed by atoms with Crippen LogP contribution < -0.4 is 4.90 Å². The molecular formula is C10H18NO2+. The number of nitrogens with one attached hydrogen (secondary N) is 1. The van der Waals surface area contributed by atoms with Crippen LogP contribution in [0, 0.1) is 0 Å². The fraction of sp³-hybridized carbons (Fsp3) is 0.800. The molecule has 0 aromatic rings. The number of quaternary nitrogens is 1. The Bertz CT molecular complexity index is 185. The third-order valence-electron chi connectivity index (χ3n) is 2.53. The van der Waals surface area contributed by atoms with E-state index in [9.17, 15) is 9.59 Å². The van der Waals surface area contributed by atoms with E-state index in [2.05, 4.69) is 6.92 Å². The van der Waals surface area contributed by atoms with Gasteiger partial charge in [0.25, 0.3) is 0 Å². The van der Waals surface area contributed by atoms with Gasteiger partial charge in [-0.15, -0.1) is 0 Å². The van der Waals surface area contributed by atoms with Gasteiger partial charge in [-0.05, 0) is 12.8 Å². The van der Waals surface area contributed by atoms with E-state index in [0.717, 1.165) is 19.4 Å². The minimum Gasteiger partial charge on any atom is -0.230 e. The Hall–Kier alpha value is -0.700. The summed E-state index contributed by atoms with van der Waals surface area (Å²) in [6, 6.07) is 0. The van der Waals surface area contributed by atoms with E-state index >= 15 is 0 Å². The molecule has 1 heterocycles. The maximum Gasteiger partial charge on any atom is 0.320 e. The van der Waals surface area contributed by atoms with E-state index in [1.165, 1.54) is 12.8 Å². The van der Waals surface area contributed by atoms with Crippen LogP contribution in [0.15, 0.2) is 0 Å². The number of rotatable bonds is 5. The van der Waals surface area contributed by atoms with E-state index < -0.39 is 0 Å². The number of likely N-dealkylation sites (tertiary alicyclic amines) is 1. The van der Waals surface area contributed by atoms with E-state index in [-0.39, 0.29) is 11.8 Å².